The molecule has 7 heteroatoms. The number of hydrogen-bond donors (Lipinski definition) is 1. The molecule has 1 aromatic heterocycles. The molecule has 1 fully saturated rings. The molecule has 1 N–H and O–H groups in total. The molecule has 0 spiro atoms. The Balaban J connectivity index is 1.42. The van der Waals surface area contributed by atoms with Crippen LogP contribution in [-0.2, 0) is 16.0 Å². The predicted molar refractivity (Wildman–Crippen MR) is 92.9 cm³/mol. The molecule has 25 heavy (non-hydrogen) atoms. The Morgan fingerprint density at radius 3 is 2.76 bits per heavy atom. The average Bonchev–Trinajstić information content (AvgIpc) is 3.10. The van der Waals surface area contributed by atoms with Crippen LogP contribution < -0.4 is 5.32 Å². The van der Waals surface area contributed by atoms with E-state index >= 15 is 0 Å². The number of carbonyl (C=O) groups is 1. The van der Waals surface area contributed by atoms with Gasteiger partial charge < -0.3 is 14.5 Å². The molecule has 1 atom stereocenters. The molecule has 0 saturated carbocycles. The zero-order chi connectivity index (χ0) is 17.5. The van der Waals surface area contributed by atoms with Crippen molar-refractivity contribution in [3.8, 4) is 11.5 Å². The van der Waals surface area contributed by atoms with E-state index in [2.05, 4.69) is 20.4 Å². The van der Waals surface area contributed by atoms with Crippen LogP contribution in [0.2, 0.25) is 0 Å². The molecule has 3 rings (SSSR count). The monoisotopic (exact) mass is 344 g/mol. The number of benzene rings is 1. The molecule has 1 aliphatic rings. The van der Waals surface area contributed by atoms with Crippen molar-refractivity contribution in [3.63, 3.8) is 0 Å². The molecule has 0 unspecified atom stereocenters. The van der Waals surface area contributed by atoms with Crippen LogP contribution in [0.5, 0.6) is 0 Å². The smallest absolute Gasteiger partial charge is 0.247 e. The summed E-state index contributed by atoms with van der Waals surface area (Å²) in [6.07, 6.45) is 0.778. The number of rotatable bonds is 7. The van der Waals surface area contributed by atoms with E-state index in [1.54, 1.807) is 0 Å². The Morgan fingerprint density at radius 1 is 1.24 bits per heavy atom. The lowest BCUT2D eigenvalue weighted by Crippen LogP contribution is -2.46. The van der Waals surface area contributed by atoms with Crippen molar-refractivity contribution in [2.45, 2.75) is 25.8 Å². The summed E-state index contributed by atoms with van der Waals surface area (Å²) < 4.78 is 11.0. The second-order valence-corrected chi connectivity index (χ2v) is 6.25. The van der Waals surface area contributed by atoms with Crippen LogP contribution in [0.25, 0.3) is 11.5 Å². The zero-order valence-electron chi connectivity index (χ0n) is 14.5. The molecule has 1 aliphatic heterocycles. The summed E-state index contributed by atoms with van der Waals surface area (Å²) in [7, 11) is 0. The topological polar surface area (TPSA) is 80.5 Å². The third-order valence-electron chi connectivity index (χ3n) is 4.10. The van der Waals surface area contributed by atoms with Gasteiger partial charge in [-0.3, -0.25) is 9.69 Å². The van der Waals surface area contributed by atoms with Gasteiger partial charge in [0.25, 0.3) is 0 Å². The van der Waals surface area contributed by atoms with E-state index in [0.29, 0.717) is 24.6 Å². The molecule has 0 aliphatic carbocycles. The van der Waals surface area contributed by atoms with Gasteiger partial charge in [-0.1, -0.05) is 18.2 Å². The first kappa shape index (κ1) is 17.6. The normalized spacial score (nSPS) is 16.5. The largest absolute Gasteiger partial charge is 0.421 e. The molecule has 2 aromatic rings. The maximum Gasteiger partial charge on any atom is 0.247 e. The second-order valence-electron chi connectivity index (χ2n) is 6.25. The Bertz CT molecular complexity index is 668. The third kappa shape index (κ3) is 5.37. The highest BCUT2D eigenvalue weighted by molar-refractivity contribution is 5.76. The van der Waals surface area contributed by atoms with E-state index in [1.807, 2.05) is 37.3 Å². The van der Waals surface area contributed by atoms with Crippen molar-refractivity contribution in [3.05, 3.63) is 36.2 Å². The molecular formula is C18H24N4O3. The highest BCUT2D eigenvalue weighted by atomic mass is 16.5. The van der Waals surface area contributed by atoms with Crippen LogP contribution in [0, 0.1) is 0 Å². The fourth-order valence-corrected chi connectivity index (χ4v) is 2.84. The van der Waals surface area contributed by atoms with Gasteiger partial charge in [0, 0.05) is 44.1 Å². The molecule has 1 aromatic carbocycles. The van der Waals surface area contributed by atoms with Crippen LogP contribution in [0.1, 0.15) is 19.2 Å². The SMILES string of the molecule is C[C@@H](CN1CCOCC1)NC(=O)CCc1nnc(-c2ccccc2)o1. The van der Waals surface area contributed by atoms with Gasteiger partial charge in [0.05, 0.1) is 13.2 Å². The lowest BCUT2D eigenvalue weighted by atomic mass is 10.2. The van der Waals surface area contributed by atoms with Gasteiger partial charge in [-0.15, -0.1) is 10.2 Å². The lowest BCUT2D eigenvalue weighted by molar-refractivity contribution is -0.121. The number of morpholine rings is 1. The third-order valence-corrected chi connectivity index (χ3v) is 4.10. The van der Waals surface area contributed by atoms with Crippen LogP contribution in [-0.4, -0.2) is 59.9 Å². The number of nitrogens with one attached hydrogen (secondary N) is 1. The van der Waals surface area contributed by atoms with Gasteiger partial charge in [-0.05, 0) is 19.1 Å². The quantitative estimate of drug-likeness (QED) is 0.820. The lowest BCUT2D eigenvalue weighted by Gasteiger charge is -2.29. The number of ether oxygens (including phenoxy) is 1. The molecule has 1 saturated heterocycles. The zero-order valence-corrected chi connectivity index (χ0v) is 14.5. The summed E-state index contributed by atoms with van der Waals surface area (Å²) in [5.41, 5.74) is 0.879. The van der Waals surface area contributed by atoms with Gasteiger partial charge in [0.1, 0.15) is 0 Å². The van der Waals surface area contributed by atoms with Crippen molar-refractivity contribution in [1.82, 2.24) is 20.4 Å². The van der Waals surface area contributed by atoms with Gasteiger partial charge in [-0.2, -0.15) is 0 Å². The highest BCUT2D eigenvalue weighted by Crippen LogP contribution is 2.17. The number of carbonyl (C=O) groups excluding carboxylic acids is 1. The fraction of sp³-hybridized carbons (Fsp3) is 0.500. The van der Waals surface area contributed by atoms with E-state index in [0.717, 1.165) is 38.4 Å². The summed E-state index contributed by atoms with van der Waals surface area (Å²) >= 11 is 0. The van der Waals surface area contributed by atoms with Gasteiger partial charge in [-0.25, -0.2) is 0 Å². The molecule has 134 valence electrons. The van der Waals surface area contributed by atoms with Gasteiger partial charge in [0.2, 0.25) is 17.7 Å². The predicted octanol–water partition coefficient (Wildman–Crippen LogP) is 1.51. The standard InChI is InChI=1S/C18H24N4O3/c1-14(13-22-9-11-24-12-10-22)19-16(23)7-8-17-20-21-18(25-17)15-5-3-2-4-6-15/h2-6,14H,7-13H2,1H3,(H,19,23)/t14-/m0/s1. The number of amides is 1. The van der Waals surface area contributed by atoms with E-state index in [-0.39, 0.29) is 11.9 Å². The summed E-state index contributed by atoms with van der Waals surface area (Å²) in [6, 6.07) is 9.70. The van der Waals surface area contributed by atoms with E-state index < -0.39 is 0 Å². The first-order chi connectivity index (χ1) is 12.2. The molecular weight excluding hydrogens is 320 g/mol. The van der Waals surface area contributed by atoms with Crippen molar-refractivity contribution in [1.29, 1.82) is 0 Å². The maximum absolute atomic E-state index is 12.1. The van der Waals surface area contributed by atoms with Crippen molar-refractivity contribution in [2.75, 3.05) is 32.8 Å². The van der Waals surface area contributed by atoms with Crippen molar-refractivity contribution in [2.24, 2.45) is 0 Å². The highest BCUT2D eigenvalue weighted by Gasteiger charge is 2.16. The van der Waals surface area contributed by atoms with Crippen LogP contribution in [0.15, 0.2) is 34.7 Å². The number of aromatic nitrogens is 2. The average molecular weight is 344 g/mol. The molecule has 2 heterocycles. The Hall–Kier alpha value is -2.25. The number of aryl methyl sites for hydroxylation is 1. The molecule has 0 radical (unpaired) electrons. The van der Waals surface area contributed by atoms with E-state index in [4.69, 9.17) is 9.15 Å². The second kappa shape index (κ2) is 8.73. The summed E-state index contributed by atoms with van der Waals surface area (Å²) in [6.45, 7) is 6.24. The Kier molecular flexibility index (Phi) is 6.14. The van der Waals surface area contributed by atoms with Crippen LogP contribution in [0.3, 0.4) is 0 Å². The van der Waals surface area contributed by atoms with Gasteiger partial charge >= 0.3 is 0 Å². The van der Waals surface area contributed by atoms with Crippen molar-refractivity contribution >= 4 is 5.91 Å². The van der Waals surface area contributed by atoms with E-state index in [1.165, 1.54) is 0 Å². The summed E-state index contributed by atoms with van der Waals surface area (Å²) in [4.78, 5) is 14.4. The Labute approximate surface area is 147 Å². The molecule has 0 bridgehead atoms. The summed E-state index contributed by atoms with van der Waals surface area (Å²) in [5, 5.41) is 11.1. The summed E-state index contributed by atoms with van der Waals surface area (Å²) in [5.74, 6) is 0.965. The first-order valence-corrected chi connectivity index (χ1v) is 8.68. The Morgan fingerprint density at radius 2 is 2.00 bits per heavy atom. The molecule has 1 amide bonds. The van der Waals surface area contributed by atoms with Crippen molar-refractivity contribution < 1.29 is 13.9 Å². The molecule has 7 nitrogen and oxygen atoms in total. The van der Waals surface area contributed by atoms with Gasteiger partial charge in [0.15, 0.2) is 0 Å². The number of nitrogens with zero attached hydrogens (tertiary/aromatic N) is 3. The minimum atomic E-state index is 0.000204. The maximum atomic E-state index is 12.1. The number of hydrogen-bond acceptors (Lipinski definition) is 6. The fourth-order valence-electron chi connectivity index (χ4n) is 2.84. The van der Waals surface area contributed by atoms with Crippen LogP contribution in [0.4, 0.5) is 0 Å². The van der Waals surface area contributed by atoms with Crippen LogP contribution >= 0.6 is 0 Å². The minimum Gasteiger partial charge on any atom is -0.421 e. The first-order valence-electron chi connectivity index (χ1n) is 8.68. The minimum absolute atomic E-state index is 0.000204. The van der Waals surface area contributed by atoms with E-state index in [9.17, 15) is 4.79 Å².